The summed E-state index contributed by atoms with van der Waals surface area (Å²) in [5.74, 6) is -0.672. The second-order valence-electron chi connectivity index (χ2n) is 3.09. The third-order valence-electron chi connectivity index (χ3n) is 1.83. The molecule has 8 heteroatoms. The molecule has 1 aromatic rings. The topological polar surface area (TPSA) is 71.1 Å². The van der Waals surface area contributed by atoms with Gasteiger partial charge in [0, 0.05) is 19.3 Å². The molecule has 0 aliphatic heterocycles. The summed E-state index contributed by atoms with van der Waals surface area (Å²) in [6, 6.07) is 0.933. The van der Waals surface area contributed by atoms with E-state index in [2.05, 4.69) is 15.0 Å². The summed E-state index contributed by atoms with van der Waals surface area (Å²) in [5, 5.41) is 2.97. The van der Waals surface area contributed by atoms with Gasteiger partial charge in [0.1, 0.15) is 10.7 Å². The maximum atomic E-state index is 12.8. The molecular formula is C9H15ClFN3O2S. The fourth-order valence-electron chi connectivity index (χ4n) is 1.07. The Balaban J connectivity index is 0.00000256. The molecule has 0 aliphatic rings. The van der Waals surface area contributed by atoms with E-state index >= 15 is 0 Å². The van der Waals surface area contributed by atoms with E-state index in [9.17, 15) is 12.8 Å². The van der Waals surface area contributed by atoms with Crippen LogP contribution in [0.5, 0.6) is 0 Å². The normalized spacial score (nSPS) is 10.9. The van der Waals surface area contributed by atoms with Crippen molar-refractivity contribution in [3.05, 3.63) is 24.3 Å². The van der Waals surface area contributed by atoms with Crippen LogP contribution in [0.2, 0.25) is 0 Å². The van der Waals surface area contributed by atoms with Crippen LogP contribution >= 0.6 is 12.4 Å². The Hall–Kier alpha value is -0.760. The number of likely N-dealkylation sites (N-methyl/N-ethyl adjacent to an activating group) is 1. The fraction of sp³-hybridized carbons (Fsp3) is 0.444. The summed E-state index contributed by atoms with van der Waals surface area (Å²) >= 11 is 0. The van der Waals surface area contributed by atoms with Crippen molar-refractivity contribution < 1.29 is 12.8 Å². The Labute approximate surface area is 106 Å². The molecule has 1 heterocycles. The van der Waals surface area contributed by atoms with Crippen molar-refractivity contribution in [2.45, 2.75) is 11.8 Å². The van der Waals surface area contributed by atoms with E-state index in [1.54, 1.807) is 0 Å². The standard InChI is InChI=1S/C9H14FN3O2S.ClH/c1-2-11-3-4-13-16(14,15)9-5-8(10)6-12-7-9;/h5-7,11,13H,2-4H2,1H3;1H. The lowest BCUT2D eigenvalue weighted by molar-refractivity contribution is 0.572. The summed E-state index contributed by atoms with van der Waals surface area (Å²) in [6.45, 7) is 3.47. The zero-order valence-corrected chi connectivity index (χ0v) is 10.9. The number of sulfonamides is 1. The Kier molecular flexibility index (Phi) is 7.21. The van der Waals surface area contributed by atoms with Crippen LogP contribution in [-0.4, -0.2) is 33.0 Å². The Morgan fingerprint density at radius 3 is 2.65 bits per heavy atom. The molecule has 0 atom stereocenters. The van der Waals surface area contributed by atoms with Crippen LogP contribution in [0.4, 0.5) is 4.39 Å². The van der Waals surface area contributed by atoms with Crippen molar-refractivity contribution in [1.29, 1.82) is 0 Å². The Bertz CT molecular complexity index is 442. The molecule has 0 saturated carbocycles. The van der Waals surface area contributed by atoms with E-state index in [4.69, 9.17) is 0 Å². The first-order valence-electron chi connectivity index (χ1n) is 4.87. The lowest BCUT2D eigenvalue weighted by Gasteiger charge is -2.06. The number of halogens is 2. The summed E-state index contributed by atoms with van der Waals surface area (Å²) in [5.41, 5.74) is 0. The molecule has 1 aromatic heterocycles. The van der Waals surface area contributed by atoms with Crippen LogP contribution < -0.4 is 10.0 Å². The molecule has 17 heavy (non-hydrogen) atoms. The maximum absolute atomic E-state index is 12.8. The molecule has 98 valence electrons. The highest BCUT2D eigenvalue weighted by Gasteiger charge is 2.14. The van der Waals surface area contributed by atoms with E-state index < -0.39 is 15.8 Å². The van der Waals surface area contributed by atoms with Crippen molar-refractivity contribution >= 4 is 22.4 Å². The number of rotatable bonds is 6. The second kappa shape index (κ2) is 7.54. The molecule has 0 saturated heterocycles. The second-order valence-corrected chi connectivity index (χ2v) is 4.86. The first-order valence-corrected chi connectivity index (χ1v) is 6.35. The zero-order chi connectivity index (χ0) is 12.0. The molecule has 2 N–H and O–H groups in total. The summed E-state index contributed by atoms with van der Waals surface area (Å²) in [7, 11) is -3.66. The molecule has 0 radical (unpaired) electrons. The number of nitrogens with one attached hydrogen (secondary N) is 2. The monoisotopic (exact) mass is 283 g/mol. The van der Waals surface area contributed by atoms with Gasteiger partial charge in [0.2, 0.25) is 10.0 Å². The van der Waals surface area contributed by atoms with Gasteiger partial charge in [0.15, 0.2) is 0 Å². The largest absolute Gasteiger partial charge is 0.316 e. The first kappa shape index (κ1) is 16.2. The Morgan fingerprint density at radius 2 is 2.06 bits per heavy atom. The predicted octanol–water partition coefficient (Wildman–Crippen LogP) is 0.530. The minimum Gasteiger partial charge on any atom is -0.316 e. The number of hydrogen-bond donors (Lipinski definition) is 2. The quantitative estimate of drug-likeness (QED) is 0.747. The SMILES string of the molecule is CCNCCNS(=O)(=O)c1cncc(F)c1.Cl. The molecule has 0 bridgehead atoms. The van der Waals surface area contributed by atoms with Crippen LogP contribution in [0.3, 0.4) is 0 Å². The molecule has 0 aromatic carbocycles. The lowest BCUT2D eigenvalue weighted by atomic mass is 10.5. The molecule has 5 nitrogen and oxygen atoms in total. The molecule has 0 amide bonds. The molecule has 0 unspecified atom stereocenters. The van der Waals surface area contributed by atoms with Crippen molar-refractivity contribution in [3.63, 3.8) is 0 Å². The van der Waals surface area contributed by atoms with Gasteiger partial charge in [-0.25, -0.2) is 17.5 Å². The number of hydrogen-bond acceptors (Lipinski definition) is 4. The highest BCUT2D eigenvalue weighted by molar-refractivity contribution is 7.89. The molecule has 1 rings (SSSR count). The van der Waals surface area contributed by atoms with Gasteiger partial charge in [-0.05, 0) is 12.6 Å². The smallest absolute Gasteiger partial charge is 0.242 e. The van der Waals surface area contributed by atoms with Crippen LogP contribution in [0.1, 0.15) is 6.92 Å². The average molecular weight is 284 g/mol. The van der Waals surface area contributed by atoms with Crippen LogP contribution in [0, 0.1) is 5.82 Å². The van der Waals surface area contributed by atoms with Gasteiger partial charge in [-0.2, -0.15) is 0 Å². The van der Waals surface area contributed by atoms with Crippen LogP contribution in [0.25, 0.3) is 0 Å². The zero-order valence-electron chi connectivity index (χ0n) is 9.31. The number of nitrogens with zero attached hydrogens (tertiary/aromatic N) is 1. The summed E-state index contributed by atoms with van der Waals surface area (Å²) in [6.07, 6.45) is 2.07. The van der Waals surface area contributed by atoms with Crippen molar-refractivity contribution in [3.8, 4) is 0 Å². The van der Waals surface area contributed by atoms with E-state index in [1.165, 1.54) is 0 Å². The van der Waals surface area contributed by atoms with Crippen molar-refractivity contribution in [2.75, 3.05) is 19.6 Å². The van der Waals surface area contributed by atoms with Gasteiger partial charge in [-0.15, -0.1) is 12.4 Å². The number of aromatic nitrogens is 1. The Morgan fingerprint density at radius 1 is 1.35 bits per heavy atom. The van der Waals surface area contributed by atoms with E-state index in [-0.39, 0.29) is 23.8 Å². The highest BCUT2D eigenvalue weighted by Crippen LogP contribution is 2.07. The van der Waals surface area contributed by atoms with Gasteiger partial charge in [0.25, 0.3) is 0 Å². The summed E-state index contributed by atoms with van der Waals surface area (Å²) in [4.78, 5) is 3.32. The fourth-order valence-corrected chi connectivity index (χ4v) is 2.08. The first-order chi connectivity index (χ1) is 7.56. The van der Waals surface area contributed by atoms with Gasteiger partial charge >= 0.3 is 0 Å². The van der Waals surface area contributed by atoms with Gasteiger partial charge in [-0.3, -0.25) is 4.98 Å². The third-order valence-corrected chi connectivity index (χ3v) is 3.26. The minimum absolute atomic E-state index is 0. The summed E-state index contributed by atoms with van der Waals surface area (Å²) < 4.78 is 38.3. The molecular weight excluding hydrogens is 269 g/mol. The lowest BCUT2D eigenvalue weighted by Crippen LogP contribution is -2.31. The van der Waals surface area contributed by atoms with Crippen molar-refractivity contribution in [2.24, 2.45) is 0 Å². The van der Waals surface area contributed by atoms with E-state index in [0.717, 1.165) is 25.0 Å². The average Bonchev–Trinajstić information content (AvgIpc) is 2.24. The molecule has 0 spiro atoms. The van der Waals surface area contributed by atoms with Gasteiger partial charge in [0.05, 0.1) is 6.20 Å². The maximum Gasteiger partial charge on any atom is 0.242 e. The van der Waals surface area contributed by atoms with E-state index in [1.807, 2.05) is 6.92 Å². The third kappa shape index (κ3) is 5.40. The predicted molar refractivity (Wildman–Crippen MR) is 65.2 cm³/mol. The number of pyridine rings is 1. The highest BCUT2D eigenvalue weighted by atomic mass is 35.5. The van der Waals surface area contributed by atoms with Gasteiger partial charge < -0.3 is 5.32 Å². The van der Waals surface area contributed by atoms with Gasteiger partial charge in [-0.1, -0.05) is 6.92 Å². The molecule has 0 fully saturated rings. The molecule has 0 aliphatic carbocycles. The minimum atomic E-state index is -3.66. The van der Waals surface area contributed by atoms with Crippen molar-refractivity contribution in [1.82, 2.24) is 15.0 Å². The van der Waals surface area contributed by atoms with E-state index in [0.29, 0.717) is 6.54 Å². The van der Waals surface area contributed by atoms with Crippen LogP contribution in [0.15, 0.2) is 23.4 Å². The van der Waals surface area contributed by atoms with Crippen LogP contribution in [-0.2, 0) is 10.0 Å².